The molecule has 1 aromatic rings. The van der Waals surface area contributed by atoms with Gasteiger partial charge < -0.3 is 10.8 Å². The number of benzene rings is 1. The van der Waals surface area contributed by atoms with E-state index < -0.39 is 12.1 Å². The minimum Gasteiger partial charge on any atom is -0.391 e. The van der Waals surface area contributed by atoms with Gasteiger partial charge in [0.25, 0.3) is 0 Å². The van der Waals surface area contributed by atoms with Crippen LogP contribution < -0.4 is 5.73 Å². The predicted octanol–water partition coefficient (Wildman–Crippen LogP) is 1.25. The van der Waals surface area contributed by atoms with Gasteiger partial charge in [0.1, 0.15) is 0 Å². The Balaban J connectivity index is 3.16. The summed E-state index contributed by atoms with van der Waals surface area (Å²) in [5, 5.41) is 18.2. The average molecular weight is 190 g/mol. The highest BCUT2D eigenvalue weighted by Crippen LogP contribution is 2.19. The van der Waals surface area contributed by atoms with E-state index in [4.69, 9.17) is 11.0 Å². The number of nitrogens with zero attached hydrogens (tertiary/aromatic N) is 1. The van der Waals surface area contributed by atoms with E-state index in [9.17, 15) is 5.11 Å². The molecule has 0 fully saturated rings. The number of hydrogen-bond donors (Lipinski definition) is 2. The topological polar surface area (TPSA) is 70.0 Å². The van der Waals surface area contributed by atoms with Crippen molar-refractivity contribution in [2.24, 2.45) is 5.73 Å². The molecule has 0 aromatic heterocycles. The Morgan fingerprint density at radius 2 is 2.14 bits per heavy atom. The van der Waals surface area contributed by atoms with Gasteiger partial charge in [-0.1, -0.05) is 12.1 Å². The molecule has 0 saturated heterocycles. The van der Waals surface area contributed by atoms with Crippen molar-refractivity contribution in [2.45, 2.75) is 26.0 Å². The lowest BCUT2D eigenvalue weighted by atomic mass is 9.97. The van der Waals surface area contributed by atoms with Gasteiger partial charge in [-0.2, -0.15) is 5.26 Å². The van der Waals surface area contributed by atoms with Crippen molar-refractivity contribution in [2.75, 3.05) is 0 Å². The number of rotatable bonds is 2. The fourth-order valence-electron chi connectivity index (χ4n) is 1.32. The molecule has 3 N–H and O–H groups in total. The molecule has 0 heterocycles. The molecule has 0 bridgehead atoms. The van der Waals surface area contributed by atoms with Crippen LogP contribution in [0.2, 0.25) is 0 Å². The van der Waals surface area contributed by atoms with Crippen LogP contribution in [0.15, 0.2) is 18.2 Å². The van der Waals surface area contributed by atoms with E-state index in [1.54, 1.807) is 19.1 Å². The second-order valence-electron chi connectivity index (χ2n) is 3.47. The maximum atomic E-state index is 9.33. The molecule has 2 atom stereocenters. The van der Waals surface area contributed by atoms with Gasteiger partial charge in [-0.05, 0) is 31.0 Å². The van der Waals surface area contributed by atoms with Gasteiger partial charge in [-0.15, -0.1) is 0 Å². The van der Waals surface area contributed by atoms with Gasteiger partial charge in [0.05, 0.1) is 23.8 Å². The summed E-state index contributed by atoms with van der Waals surface area (Å²) in [6, 6.07) is 7.05. The third kappa shape index (κ3) is 2.11. The molecule has 1 rings (SSSR count). The molecule has 0 saturated carbocycles. The number of hydrogen-bond acceptors (Lipinski definition) is 3. The lowest BCUT2D eigenvalue weighted by Crippen LogP contribution is -2.24. The number of nitriles is 1. The first-order valence-corrected chi connectivity index (χ1v) is 4.50. The van der Waals surface area contributed by atoms with E-state index in [-0.39, 0.29) is 0 Å². The Labute approximate surface area is 83.8 Å². The summed E-state index contributed by atoms with van der Waals surface area (Å²) in [4.78, 5) is 0. The van der Waals surface area contributed by atoms with Gasteiger partial charge in [0, 0.05) is 0 Å². The molecule has 0 aliphatic rings. The molecule has 0 amide bonds. The maximum Gasteiger partial charge on any atom is 0.0995 e. The van der Waals surface area contributed by atoms with Crippen molar-refractivity contribution in [3.8, 4) is 6.07 Å². The van der Waals surface area contributed by atoms with Crippen LogP contribution in [-0.2, 0) is 0 Å². The van der Waals surface area contributed by atoms with E-state index in [1.807, 2.05) is 13.0 Å². The number of aryl methyl sites for hydroxylation is 1. The van der Waals surface area contributed by atoms with E-state index >= 15 is 0 Å². The van der Waals surface area contributed by atoms with E-state index in [0.717, 1.165) is 5.56 Å². The minimum atomic E-state index is -0.648. The monoisotopic (exact) mass is 190 g/mol. The molecule has 14 heavy (non-hydrogen) atoms. The maximum absolute atomic E-state index is 9.33. The van der Waals surface area contributed by atoms with Crippen LogP contribution in [0.25, 0.3) is 0 Å². The predicted molar refractivity (Wildman–Crippen MR) is 54.5 cm³/mol. The van der Waals surface area contributed by atoms with Gasteiger partial charge in [-0.3, -0.25) is 0 Å². The molecule has 1 aromatic carbocycles. The molecule has 2 unspecified atom stereocenters. The summed E-state index contributed by atoms with van der Waals surface area (Å²) in [6.07, 6.45) is -0.648. The third-order valence-corrected chi connectivity index (χ3v) is 2.21. The summed E-state index contributed by atoms with van der Waals surface area (Å²) < 4.78 is 0. The largest absolute Gasteiger partial charge is 0.391 e. The summed E-state index contributed by atoms with van der Waals surface area (Å²) >= 11 is 0. The standard InChI is InChI=1S/C11H14N2O/c1-7-3-4-10(9(5-7)6-12)11(13)8(2)14/h3-5,8,11,14H,13H2,1-2H3. The van der Waals surface area contributed by atoms with Crippen LogP contribution >= 0.6 is 0 Å². The Morgan fingerprint density at radius 3 is 2.64 bits per heavy atom. The number of aliphatic hydroxyl groups excluding tert-OH is 1. The lowest BCUT2D eigenvalue weighted by molar-refractivity contribution is 0.164. The van der Waals surface area contributed by atoms with Gasteiger partial charge in [0.15, 0.2) is 0 Å². The summed E-state index contributed by atoms with van der Waals surface area (Å²) in [6.45, 7) is 3.53. The number of aliphatic hydroxyl groups is 1. The van der Waals surface area contributed by atoms with Crippen LogP contribution in [0.5, 0.6) is 0 Å². The van der Waals surface area contributed by atoms with Crippen LogP contribution in [0, 0.1) is 18.3 Å². The Hall–Kier alpha value is -1.37. The fourth-order valence-corrected chi connectivity index (χ4v) is 1.32. The Morgan fingerprint density at radius 1 is 1.50 bits per heavy atom. The van der Waals surface area contributed by atoms with E-state index in [1.165, 1.54) is 0 Å². The third-order valence-electron chi connectivity index (χ3n) is 2.21. The number of nitrogens with two attached hydrogens (primary N) is 1. The van der Waals surface area contributed by atoms with Crippen LogP contribution in [0.1, 0.15) is 29.7 Å². The van der Waals surface area contributed by atoms with Crippen molar-refractivity contribution in [3.63, 3.8) is 0 Å². The molecular formula is C11H14N2O. The summed E-state index contributed by atoms with van der Waals surface area (Å²) in [7, 11) is 0. The second-order valence-corrected chi connectivity index (χ2v) is 3.47. The quantitative estimate of drug-likeness (QED) is 0.737. The van der Waals surface area contributed by atoms with E-state index in [0.29, 0.717) is 11.1 Å². The van der Waals surface area contributed by atoms with Crippen molar-refractivity contribution < 1.29 is 5.11 Å². The molecule has 0 radical (unpaired) electrons. The molecule has 74 valence electrons. The highest BCUT2D eigenvalue weighted by atomic mass is 16.3. The fraction of sp³-hybridized carbons (Fsp3) is 0.364. The zero-order valence-corrected chi connectivity index (χ0v) is 8.36. The smallest absolute Gasteiger partial charge is 0.0995 e. The van der Waals surface area contributed by atoms with Crippen LogP contribution in [0.4, 0.5) is 0 Å². The van der Waals surface area contributed by atoms with Crippen molar-refractivity contribution in [3.05, 3.63) is 34.9 Å². The molecular weight excluding hydrogens is 176 g/mol. The normalized spacial score (nSPS) is 14.5. The zero-order valence-electron chi connectivity index (χ0n) is 8.36. The highest BCUT2D eigenvalue weighted by molar-refractivity contribution is 5.42. The zero-order chi connectivity index (χ0) is 10.7. The van der Waals surface area contributed by atoms with Crippen LogP contribution in [0.3, 0.4) is 0 Å². The first-order valence-electron chi connectivity index (χ1n) is 4.50. The SMILES string of the molecule is Cc1ccc(C(N)C(C)O)c(C#N)c1. The molecule has 0 aliphatic heterocycles. The molecule has 3 nitrogen and oxygen atoms in total. The van der Waals surface area contributed by atoms with Crippen molar-refractivity contribution >= 4 is 0 Å². The van der Waals surface area contributed by atoms with E-state index in [2.05, 4.69) is 6.07 Å². The second kappa shape index (κ2) is 4.23. The first kappa shape index (κ1) is 10.7. The van der Waals surface area contributed by atoms with Gasteiger partial charge in [0.2, 0.25) is 0 Å². The minimum absolute atomic E-state index is 0.495. The molecule has 0 spiro atoms. The Kier molecular flexibility index (Phi) is 3.23. The van der Waals surface area contributed by atoms with Crippen LogP contribution in [-0.4, -0.2) is 11.2 Å². The average Bonchev–Trinajstić information content (AvgIpc) is 2.16. The highest BCUT2D eigenvalue weighted by Gasteiger charge is 2.15. The lowest BCUT2D eigenvalue weighted by Gasteiger charge is -2.16. The first-order chi connectivity index (χ1) is 6.56. The van der Waals surface area contributed by atoms with Gasteiger partial charge in [-0.25, -0.2) is 0 Å². The summed E-state index contributed by atoms with van der Waals surface area (Å²) in [5.74, 6) is 0. The van der Waals surface area contributed by atoms with Gasteiger partial charge >= 0.3 is 0 Å². The van der Waals surface area contributed by atoms with Crippen molar-refractivity contribution in [1.82, 2.24) is 0 Å². The van der Waals surface area contributed by atoms with Crippen molar-refractivity contribution in [1.29, 1.82) is 5.26 Å². The molecule has 3 heteroatoms. The Bertz CT molecular complexity index is 366. The summed E-state index contributed by atoms with van der Waals surface area (Å²) in [5.41, 5.74) is 8.02. The molecule has 0 aliphatic carbocycles.